The zero-order chi connectivity index (χ0) is 52.3. The second-order valence-electron chi connectivity index (χ2n) is 21.6. The Hall–Kier alpha value is -5.88. The lowest BCUT2D eigenvalue weighted by Crippen LogP contribution is -2.62. The number of carbonyl (C=O) groups excluding carboxylic acids is 5. The molecule has 3 fully saturated rings. The van der Waals surface area contributed by atoms with Crippen LogP contribution in [0.25, 0.3) is 32.7 Å². The summed E-state index contributed by atoms with van der Waals surface area (Å²) in [6.07, 6.45) is -1.53. The van der Waals surface area contributed by atoms with Crippen molar-refractivity contribution in [3.63, 3.8) is 0 Å². The van der Waals surface area contributed by atoms with Gasteiger partial charge in [-0.1, -0.05) is 33.6 Å². The van der Waals surface area contributed by atoms with E-state index < -0.39 is 83.4 Å². The molecule has 6 atom stereocenters. The van der Waals surface area contributed by atoms with Gasteiger partial charge in [0.05, 0.1) is 35.1 Å². The quantitative estimate of drug-likeness (QED) is 0.155. The van der Waals surface area contributed by atoms with Crippen molar-refractivity contribution in [1.29, 1.82) is 0 Å². The molecule has 4 amide bonds. The predicted octanol–water partition coefficient (Wildman–Crippen LogP) is 6.10. The molecule has 3 saturated heterocycles. The lowest BCUT2D eigenvalue weighted by Gasteiger charge is -2.42. The maximum Gasteiger partial charge on any atom is 0.406 e. The number of likely N-dealkylation sites (tertiary alicyclic amines) is 2. The number of halogens is 3. The minimum atomic E-state index is -4.58. The number of benzene rings is 1. The minimum Gasteiger partial charge on any atom is -0.464 e. The van der Waals surface area contributed by atoms with Crippen LogP contribution in [0, 0.1) is 29.1 Å². The highest BCUT2D eigenvalue weighted by atomic mass is 32.1. The fraction of sp³-hybridized carbons (Fsp3) is 0.566. The maximum absolute atomic E-state index is 14.8. The zero-order valence-electron chi connectivity index (χ0n) is 42.6. The first kappa shape index (κ1) is 52.0. The third kappa shape index (κ3) is 10.2. The summed E-state index contributed by atoms with van der Waals surface area (Å²) in [7, 11) is 3.10. The van der Waals surface area contributed by atoms with Crippen molar-refractivity contribution in [2.75, 3.05) is 53.5 Å². The fourth-order valence-electron chi connectivity index (χ4n) is 11.4. The molecule has 4 aromatic rings. The van der Waals surface area contributed by atoms with Gasteiger partial charge in [0.1, 0.15) is 35.8 Å². The molecule has 7 heterocycles. The average Bonchev–Trinajstić information content (AvgIpc) is 4.09. The normalized spacial score (nSPS) is 23.7. The zero-order valence-corrected chi connectivity index (χ0v) is 43.4. The highest BCUT2D eigenvalue weighted by molar-refractivity contribution is 7.13. The van der Waals surface area contributed by atoms with Gasteiger partial charge in [-0.25, -0.2) is 10.4 Å². The Morgan fingerprint density at radius 1 is 1.08 bits per heavy atom. The van der Waals surface area contributed by atoms with E-state index in [4.69, 9.17) is 14.5 Å². The molecule has 6 bridgehead atoms. The monoisotopic (exact) mass is 1030 g/mol. The molecule has 16 nitrogen and oxygen atoms in total. The van der Waals surface area contributed by atoms with Gasteiger partial charge in [-0.2, -0.15) is 13.2 Å². The molecule has 0 saturated carbocycles. The second kappa shape index (κ2) is 20.1. The van der Waals surface area contributed by atoms with E-state index >= 15 is 0 Å². The summed E-state index contributed by atoms with van der Waals surface area (Å²) in [4.78, 5) is 85.7. The predicted molar refractivity (Wildman–Crippen MR) is 267 cm³/mol. The average molecular weight is 1030 g/mol. The number of cyclic esters (lactones) is 1. The summed E-state index contributed by atoms with van der Waals surface area (Å²) in [6, 6.07) is 5.51. The van der Waals surface area contributed by atoms with E-state index in [0.717, 1.165) is 19.5 Å². The van der Waals surface area contributed by atoms with Gasteiger partial charge >= 0.3 is 12.1 Å². The van der Waals surface area contributed by atoms with Gasteiger partial charge in [-0.05, 0) is 87.3 Å². The molecule has 0 radical (unpaired) electrons. The van der Waals surface area contributed by atoms with Crippen molar-refractivity contribution in [1.82, 2.24) is 45.0 Å². The van der Waals surface area contributed by atoms with Crippen molar-refractivity contribution in [2.24, 2.45) is 17.3 Å². The summed E-state index contributed by atoms with van der Waals surface area (Å²) >= 11 is 1.29. The molecule has 1 aromatic carbocycles. The van der Waals surface area contributed by atoms with E-state index in [1.807, 2.05) is 47.6 Å². The molecule has 9 rings (SSSR count). The number of amides is 4. The molecule has 5 aliphatic rings. The number of rotatable bonds is 8. The molecular formula is C53H64F3N9O7S. The molecule has 0 spiro atoms. The van der Waals surface area contributed by atoms with Crippen LogP contribution in [-0.2, 0) is 46.4 Å². The van der Waals surface area contributed by atoms with Crippen LogP contribution in [0.15, 0.2) is 41.9 Å². The molecule has 2 N–H and O–H groups in total. The number of pyridine rings is 1. The van der Waals surface area contributed by atoms with Crippen LogP contribution < -0.4 is 10.7 Å². The van der Waals surface area contributed by atoms with E-state index in [1.165, 1.54) is 32.9 Å². The van der Waals surface area contributed by atoms with E-state index in [-0.39, 0.29) is 37.9 Å². The van der Waals surface area contributed by atoms with Gasteiger partial charge in [-0.3, -0.25) is 38.9 Å². The highest BCUT2D eigenvalue weighted by Crippen LogP contribution is 2.57. The van der Waals surface area contributed by atoms with Gasteiger partial charge in [0.15, 0.2) is 0 Å². The van der Waals surface area contributed by atoms with E-state index in [2.05, 4.69) is 32.5 Å². The number of nitrogens with zero attached hydrogens (tertiary/aromatic N) is 7. The molecule has 2 unspecified atom stereocenters. The number of likely N-dealkylation sites (N-methyl/N-ethyl adjacent to an activating group) is 1. The van der Waals surface area contributed by atoms with Crippen LogP contribution >= 0.6 is 11.3 Å². The Kier molecular flexibility index (Phi) is 14.3. The van der Waals surface area contributed by atoms with E-state index in [9.17, 15) is 37.1 Å². The Morgan fingerprint density at radius 3 is 2.55 bits per heavy atom. The van der Waals surface area contributed by atoms with Crippen molar-refractivity contribution >= 4 is 51.8 Å². The first-order valence-corrected chi connectivity index (χ1v) is 26.0. The highest BCUT2D eigenvalue weighted by Gasteiger charge is 2.49. The van der Waals surface area contributed by atoms with Crippen LogP contribution in [0.1, 0.15) is 96.2 Å². The van der Waals surface area contributed by atoms with Gasteiger partial charge in [-0.15, -0.1) is 11.3 Å². The number of esters is 1. The number of hydrazine groups is 1. The molecule has 3 aromatic heterocycles. The number of fused-ring (bicyclic) bond motifs is 8. The summed E-state index contributed by atoms with van der Waals surface area (Å²) in [5.41, 5.74) is 5.04. The van der Waals surface area contributed by atoms with Crippen molar-refractivity contribution in [3.8, 4) is 33.7 Å². The molecular weight excluding hydrogens is 964 g/mol. The molecule has 4 aliphatic heterocycles. The molecule has 73 heavy (non-hydrogen) atoms. The SMILES string of the molecule is CO[C@@H]1c2ncccc2-c2c3c4cc(ccc4n2CC(F)(F)F)-c2nc(cs2)CC(NC(=O)[C@H](C(C)C)N(C)C(=O)[C@H]2CCN(C(=O)C#CC(C)(C)N4CCC4)C2)C(=O)N2CCC[C@H](N2)C(=O)OCC(C)(C)C31. The number of aromatic nitrogens is 3. The van der Waals surface area contributed by atoms with Gasteiger partial charge < -0.3 is 29.2 Å². The lowest BCUT2D eigenvalue weighted by molar-refractivity contribution is -0.156. The summed E-state index contributed by atoms with van der Waals surface area (Å²) in [6.45, 7) is 12.5. The number of nitrogens with one attached hydrogen (secondary N) is 2. The summed E-state index contributed by atoms with van der Waals surface area (Å²) in [5.74, 6) is 1.93. The number of ether oxygens (including phenoxy) is 2. The summed E-state index contributed by atoms with van der Waals surface area (Å²) < 4.78 is 57.5. The van der Waals surface area contributed by atoms with Crippen molar-refractivity contribution in [3.05, 3.63) is 58.9 Å². The van der Waals surface area contributed by atoms with Crippen LogP contribution in [0.3, 0.4) is 0 Å². The third-order valence-electron chi connectivity index (χ3n) is 15.3. The van der Waals surface area contributed by atoms with Crippen molar-refractivity contribution < 1.29 is 46.6 Å². The Morgan fingerprint density at radius 2 is 1.85 bits per heavy atom. The Labute approximate surface area is 427 Å². The topological polar surface area (TPSA) is 172 Å². The molecule has 1 aliphatic carbocycles. The molecule has 20 heteroatoms. The maximum atomic E-state index is 14.8. The van der Waals surface area contributed by atoms with E-state index in [0.29, 0.717) is 75.5 Å². The van der Waals surface area contributed by atoms with Gasteiger partial charge in [0.25, 0.3) is 11.8 Å². The smallest absolute Gasteiger partial charge is 0.406 e. The Balaban J connectivity index is 1.04. The Bertz CT molecular complexity index is 2880. The summed E-state index contributed by atoms with van der Waals surface area (Å²) in [5, 5.41) is 7.16. The minimum absolute atomic E-state index is 0.0681. The number of hydrogen-bond donors (Lipinski definition) is 2. The molecule has 390 valence electrons. The first-order valence-electron chi connectivity index (χ1n) is 25.1. The number of carbonyl (C=O) groups is 5. The van der Waals surface area contributed by atoms with E-state index in [1.54, 1.807) is 47.8 Å². The fourth-order valence-corrected chi connectivity index (χ4v) is 12.2. The lowest BCUT2D eigenvalue weighted by atomic mass is 9.67. The van der Waals surface area contributed by atoms with Gasteiger partial charge in [0, 0.05) is 98.2 Å². The number of hydrogen-bond acceptors (Lipinski definition) is 12. The number of thiazole rings is 1. The van der Waals surface area contributed by atoms with Crippen LogP contribution in [0.2, 0.25) is 0 Å². The third-order valence-corrected chi connectivity index (χ3v) is 16.2. The number of methoxy groups -OCH3 is 1. The second-order valence-corrected chi connectivity index (χ2v) is 22.5. The van der Waals surface area contributed by atoms with Gasteiger partial charge in [0.2, 0.25) is 11.8 Å². The van der Waals surface area contributed by atoms with Crippen LogP contribution in [0.4, 0.5) is 13.2 Å². The van der Waals surface area contributed by atoms with Crippen LogP contribution in [-0.4, -0.2) is 147 Å². The first-order chi connectivity index (χ1) is 34.6. The van der Waals surface area contributed by atoms with Crippen LogP contribution in [0.5, 0.6) is 0 Å². The number of alkyl halides is 3. The largest absolute Gasteiger partial charge is 0.464 e. The van der Waals surface area contributed by atoms with Crippen molar-refractivity contribution in [2.45, 2.75) is 122 Å². The standard InChI is InChI=1S/C53H64F3N9O7S/c1-30(2)43(61(7)48(68)32-17-23-62(26-32)39(66)16-18-52(5,6)63-20-11-21-63)46(67)59-37-25-33-27-73-47(58-33)31-14-15-38-35(24-31)40-41(51(3,4)29-72-50(70)36-13-10-22-65(60-36)49(37)69)45(71-8)42-34(12-9-19-57-42)44(40)64(38)28-53(54,55)56/h9,12,14-15,19,24,27,30,32,36-37,41,43,45,60H,10-11,13,17,20-23,25-26,28-29H2,1-8H3,(H,59,67)/t32-,36-,37?,41?,43-,45-/m0/s1.